The van der Waals surface area contributed by atoms with Crippen LogP contribution in [0, 0.1) is 17.8 Å². The monoisotopic (exact) mass is 428 g/mol. The molecule has 0 aromatic carbocycles. The van der Waals surface area contributed by atoms with Crippen LogP contribution in [0.4, 0.5) is 0 Å². The van der Waals surface area contributed by atoms with Gasteiger partial charge in [0.05, 0.1) is 13.2 Å². The summed E-state index contributed by atoms with van der Waals surface area (Å²) in [5.41, 5.74) is 1.46. The second-order valence-electron chi connectivity index (χ2n) is 9.94. The van der Waals surface area contributed by atoms with E-state index in [1.807, 2.05) is 0 Å². The van der Waals surface area contributed by atoms with Gasteiger partial charge in [-0.05, 0) is 50.4 Å². The second-order valence-corrected chi connectivity index (χ2v) is 9.94. The van der Waals surface area contributed by atoms with E-state index in [1.165, 1.54) is 63.4 Å². The fraction of sp³-hybridized carbons (Fsp3) is 0.923. The number of allylic oxidation sites excluding steroid dienone is 2. The molecule has 0 heterocycles. The first-order valence-corrected chi connectivity index (χ1v) is 12.5. The van der Waals surface area contributed by atoms with Gasteiger partial charge < -0.3 is 20.1 Å². The molecule has 0 aliphatic carbocycles. The lowest BCUT2D eigenvalue weighted by molar-refractivity contribution is -0.0568. The van der Waals surface area contributed by atoms with Gasteiger partial charge in [-0.3, -0.25) is 0 Å². The van der Waals surface area contributed by atoms with Crippen molar-refractivity contribution in [3.8, 4) is 0 Å². The Morgan fingerprint density at radius 1 is 0.800 bits per heavy atom. The lowest BCUT2D eigenvalue weighted by atomic mass is 9.91. The molecular weight excluding hydrogens is 376 g/mol. The highest BCUT2D eigenvalue weighted by molar-refractivity contribution is 4.97. The maximum atomic E-state index is 9.49. The minimum Gasteiger partial charge on any atom is -0.394 e. The molecule has 0 spiro atoms. The van der Waals surface area contributed by atoms with Crippen LogP contribution < -0.4 is 0 Å². The highest BCUT2D eigenvalue weighted by Gasteiger charge is 2.14. The highest BCUT2D eigenvalue weighted by Crippen LogP contribution is 2.22. The number of ether oxygens (including phenoxy) is 1. The number of rotatable bonds is 20. The number of hydrogen-bond acceptors (Lipinski definition) is 4. The van der Waals surface area contributed by atoms with E-state index in [2.05, 4.69) is 40.7 Å². The smallest absolute Gasteiger partial charge is 0.105 e. The molecule has 4 heteroatoms. The maximum Gasteiger partial charge on any atom is 0.105 e. The van der Waals surface area contributed by atoms with Crippen LogP contribution in [-0.4, -0.2) is 47.3 Å². The molecule has 0 aromatic rings. The average molecular weight is 429 g/mol. The van der Waals surface area contributed by atoms with E-state index < -0.39 is 18.8 Å². The molecule has 0 bridgehead atoms. The zero-order valence-electron chi connectivity index (χ0n) is 20.6. The number of unbranched alkanes of at least 4 members (excludes halogenated alkanes) is 1. The first-order chi connectivity index (χ1) is 14.3. The van der Waals surface area contributed by atoms with Crippen molar-refractivity contribution in [2.75, 3.05) is 19.8 Å². The highest BCUT2D eigenvalue weighted by atomic mass is 16.5. The topological polar surface area (TPSA) is 69.9 Å². The SMILES string of the molecule is CC(=CCCCOC[C@H](O)[C@H](O)CO)CCCC(C)CCCC(C)CCCC(C)C. The molecule has 0 saturated carbocycles. The fourth-order valence-corrected chi connectivity index (χ4v) is 3.78. The molecule has 0 aliphatic heterocycles. The largest absolute Gasteiger partial charge is 0.394 e. The summed E-state index contributed by atoms with van der Waals surface area (Å²) in [5, 5.41) is 27.5. The van der Waals surface area contributed by atoms with Crippen molar-refractivity contribution in [2.45, 2.75) is 117 Å². The molecule has 0 radical (unpaired) electrons. The van der Waals surface area contributed by atoms with E-state index in [4.69, 9.17) is 9.84 Å². The number of hydrogen-bond donors (Lipinski definition) is 3. The summed E-state index contributed by atoms with van der Waals surface area (Å²) in [4.78, 5) is 0. The van der Waals surface area contributed by atoms with Gasteiger partial charge in [-0.2, -0.15) is 0 Å². The minimum atomic E-state index is -1.12. The molecule has 4 nitrogen and oxygen atoms in total. The van der Waals surface area contributed by atoms with Crippen LogP contribution in [0.3, 0.4) is 0 Å². The summed E-state index contributed by atoms with van der Waals surface area (Å²) in [7, 11) is 0. The van der Waals surface area contributed by atoms with E-state index in [0.717, 1.165) is 30.6 Å². The Kier molecular flexibility index (Phi) is 19.0. The van der Waals surface area contributed by atoms with E-state index in [0.29, 0.717) is 6.61 Å². The minimum absolute atomic E-state index is 0.0685. The summed E-state index contributed by atoms with van der Waals surface area (Å²) in [6, 6.07) is 0. The lowest BCUT2D eigenvalue weighted by Crippen LogP contribution is -2.33. The zero-order chi connectivity index (χ0) is 22.8. The van der Waals surface area contributed by atoms with Gasteiger partial charge in [-0.15, -0.1) is 0 Å². The van der Waals surface area contributed by atoms with Crippen LogP contribution in [0.2, 0.25) is 0 Å². The quantitative estimate of drug-likeness (QED) is 0.167. The predicted octanol–water partition coefficient (Wildman–Crippen LogP) is 5.88. The fourth-order valence-electron chi connectivity index (χ4n) is 3.78. The lowest BCUT2D eigenvalue weighted by Gasteiger charge is -2.15. The van der Waals surface area contributed by atoms with E-state index in [9.17, 15) is 10.2 Å². The first kappa shape index (κ1) is 29.6. The Balaban J connectivity index is 3.64. The summed E-state index contributed by atoms with van der Waals surface area (Å²) < 4.78 is 5.35. The van der Waals surface area contributed by atoms with E-state index in [-0.39, 0.29) is 6.61 Å². The number of aliphatic hydroxyl groups is 3. The molecule has 3 N–H and O–H groups in total. The molecule has 180 valence electrons. The van der Waals surface area contributed by atoms with Gasteiger partial charge in [-0.25, -0.2) is 0 Å². The molecule has 0 rings (SSSR count). The first-order valence-electron chi connectivity index (χ1n) is 12.5. The van der Waals surface area contributed by atoms with Crippen LogP contribution in [0.5, 0.6) is 0 Å². The molecule has 2 unspecified atom stereocenters. The summed E-state index contributed by atoms with van der Waals surface area (Å²) in [6.07, 6.45) is 14.1. The normalized spacial score (nSPS) is 16.6. The van der Waals surface area contributed by atoms with Crippen LogP contribution in [0.15, 0.2) is 11.6 Å². The Morgan fingerprint density at radius 2 is 1.37 bits per heavy atom. The van der Waals surface area contributed by atoms with Gasteiger partial charge in [0.2, 0.25) is 0 Å². The summed E-state index contributed by atoms with van der Waals surface area (Å²) >= 11 is 0. The molecule has 4 atom stereocenters. The second kappa shape index (κ2) is 19.3. The van der Waals surface area contributed by atoms with Gasteiger partial charge in [0.15, 0.2) is 0 Å². The van der Waals surface area contributed by atoms with Gasteiger partial charge in [0.1, 0.15) is 12.2 Å². The average Bonchev–Trinajstić information content (AvgIpc) is 2.69. The standard InChI is InChI=1S/C26H52O4/c1-21(2)11-8-13-23(4)15-10-17-24(5)16-9-14-22(3)12-6-7-18-30-20-26(29)25(28)19-27/h12,21,23-29H,6-11,13-20H2,1-5H3/t23?,24?,25-,26+/m1/s1. The van der Waals surface area contributed by atoms with Crippen molar-refractivity contribution >= 4 is 0 Å². The van der Waals surface area contributed by atoms with Crippen LogP contribution >= 0.6 is 0 Å². The van der Waals surface area contributed by atoms with Gasteiger partial charge >= 0.3 is 0 Å². The molecule has 0 saturated heterocycles. The number of aliphatic hydroxyl groups excluding tert-OH is 3. The Labute approximate surface area is 187 Å². The van der Waals surface area contributed by atoms with Gasteiger partial charge in [0, 0.05) is 6.61 Å². The predicted molar refractivity (Wildman–Crippen MR) is 128 cm³/mol. The van der Waals surface area contributed by atoms with Crippen LogP contribution in [0.25, 0.3) is 0 Å². The summed E-state index contributed by atoms with van der Waals surface area (Å²) in [6.45, 7) is 11.9. The third-order valence-electron chi connectivity index (χ3n) is 6.05. The molecular formula is C26H52O4. The molecule has 0 fully saturated rings. The third kappa shape index (κ3) is 18.4. The van der Waals surface area contributed by atoms with Crippen molar-refractivity contribution in [3.05, 3.63) is 11.6 Å². The van der Waals surface area contributed by atoms with E-state index in [1.54, 1.807) is 0 Å². The zero-order valence-corrected chi connectivity index (χ0v) is 20.6. The van der Waals surface area contributed by atoms with Crippen molar-refractivity contribution in [1.82, 2.24) is 0 Å². The maximum absolute atomic E-state index is 9.49. The van der Waals surface area contributed by atoms with Gasteiger partial charge in [0.25, 0.3) is 0 Å². The molecule has 0 aliphatic rings. The summed E-state index contributed by atoms with van der Waals surface area (Å²) in [5.74, 6) is 2.55. The van der Waals surface area contributed by atoms with Crippen molar-refractivity contribution in [2.24, 2.45) is 17.8 Å². The Hall–Kier alpha value is -0.420. The van der Waals surface area contributed by atoms with E-state index >= 15 is 0 Å². The van der Waals surface area contributed by atoms with Crippen molar-refractivity contribution in [1.29, 1.82) is 0 Å². The van der Waals surface area contributed by atoms with Crippen molar-refractivity contribution < 1.29 is 20.1 Å². The Morgan fingerprint density at radius 3 is 1.93 bits per heavy atom. The third-order valence-corrected chi connectivity index (χ3v) is 6.05. The Bertz CT molecular complexity index is 408. The molecule has 30 heavy (non-hydrogen) atoms. The van der Waals surface area contributed by atoms with Gasteiger partial charge in [-0.1, -0.05) is 84.3 Å². The van der Waals surface area contributed by atoms with Crippen LogP contribution in [-0.2, 0) is 4.74 Å². The van der Waals surface area contributed by atoms with Crippen molar-refractivity contribution in [3.63, 3.8) is 0 Å². The molecule has 0 aromatic heterocycles. The molecule has 0 amide bonds. The van der Waals surface area contributed by atoms with Crippen LogP contribution in [0.1, 0.15) is 105 Å².